The smallest absolute Gasteiger partial charge is 0.320 e. The molecule has 0 unspecified atom stereocenters. The second-order valence-corrected chi connectivity index (χ2v) is 7.93. The summed E-state index contributed by atoms with van der Waals surface area (Å²) in [6, 6.07) is 11.6. The van der Waals surface area contributed by atoms with Crippen LogP contribution in [0.2, 0.25) is 0 Å². The van der Waals surface area contributed by atoms with E-state index in [-0.39, 0.29) is 41.5 Å². The summed E-state index contributed by atoms with van der Waals surface area (Å²) in [6.45, 7) is 0.434. The van der Waals surface area contributed by atoms with Gasteiger partial charge in [-0.1, -0.05) is 18.2 Å². The van der Waals surface area contributed by atoms with Crippen molar-refractivity contribution in [3.05, 3.63) is 97.2 Å². The van der Waals surface area contributed by atoms with E-state index in [0.717, 1.165) is 12.8 Å². The number of nitro benzene ring substituents is 1. The number of imidazole rings is 1. The minimum Gasteiger partial charge on any atom is -0.320 e. The summed E-state index contributed by atoms with van der Waals surface area (Å²) in [4.78, 5) is 41.5. The monoisotopic (exact) mass is 435 g/mol. The van der Waals surface area contributed by atoms with E-state index >= 15 is 0 Å². The lowest BCUT2D eigenvalue weighted by molar-refractivity contribution is -0.384. The number of halogens is 1. The van der Waals surface area contributed by atoms with Gasteiger partial charge in [-0.25, -0.2) is 18.7 Å². The maximum Gasteiger partial charge on any atom is 0.337 e. The van der Waals surface area contributed by atoms with Gasteiger partial charge in [0, 0.05) is 25.2 Å². The van der Waals surface area contributed by atoms with Crippen molar-refractivity contribution in [3.63, 3.8) is 0 Å². The van der Waals surface area contributed by atoms with E-state index < -0.39 is 22.0 Å². The summed E-state index contributed by atoms with van der Waals surface area (Å²) in [6.07, 6.45) is 3.30. The standard InChI is InChI=1S/C22H18FN5O4/c23-16-4-2-5-17(10-16)27-20-19(21(29)26(22(27)30)12-14-7-8-14)25(13-24-20)11-15-3-1-6-18(9-15)28(31)32/h1-6,9-10,13-14H,7-8,11-12H2. The van der Waals surface area contributed by atoms with Crippen LogP contribution in [0.5, 0.6) is 0 Å². The fourth-order valence-electron chi connectivity index (χ4n) is 3.83. The number of hydrogen-bond donors (Lipinski definition) is 0. The largest absolute Gasteiger partial charge is 0.337 e. The topological polar surface area (TPSA) is 105 Å². The van der Waals surface area contributed by atoms with Gasteiger partial charge in [0.05, 0.1) is 16.9 Å². The summed E-state index contributed by atoms with van der Waals surface area (Å²) >= 11 is 0. The van der Waals surface area contributed by atoms with E-state index in [1.165, 1.54) is 45.8 Å². The Labute approximate surface area is 180 Å². The molecule has 32 heavy (non-hydrogen) atoms. The Balaban J connectivity index is 1.72. The third-order valence-corrected chi connectivity index (χ3v) is 5.58. The molecule has 10 heteroatoms. The Morgan fingerprint density at radius 3 is 2.62 bits per heavy atom. The predicted octanol–water partition coefficient (Wildman–Crippen LogP) is 2.85. The molecule has 0 N–H and O–H groups in total. The summed E-state index contributed by atoms with van der Waals surface area (Å²) in [5, 5.41) is 11.1. The van der Waals surface area contributed by atoms with Gasteiger partial charge in [-0.3, -0.25) is 19.5 Å². The van der Waals surface area contributed by atoms with Crippen molar-refractivity contribution in [2.75, 3.05) is 0 Å². The zero-order chi connectivity index (χ0) is 22.4. The highest BCUT2D eigenvalue weighted by molar-refractivity contribution is 5.72. The Morgan fingerprint density at radius 1 is 1.12 bits per heavy atom. The van der Waals surface area contributed by atoms with E-state index in [0.29, 0.717) is 5.56 Å². The number of fused-ring (bicyclic) bond motifs is 1. The number of nitrogens with zero attached hydrogens (tertiary/aromatic N) is 5. The molecule has 1 fully saturated rings. The summed E-state index contributed by atoms with van der Waals surface area (Å²) in [5.41, 5.74) is 0.0622. The zero-order valence-electron chi connectivity index (χ0n) is 16.8. The van der Waals surface area contributed by atoms with Crippen LogP contribution in [0.1, 0.15) is 18.4 Å². The van der Waals surface area contributed by atoms with Crippen LogP contribution >= 0.6 is 0 Å². The minimum absolute atomic E-state index is 0.0604. The van der Waals surface area contributed by atoms with Crippen molar-refractivity contribution in [1.29, 1.82) is 0 Å². The van der Waals surface area contributed by atoms with Crippen LogP contribution in [0.25, 0.3) is 16.9 Å². The number of hydrogen-bond acceptors (Lipinski definition) is 5. The molecule has 0 saturated heterocycles. The lowest BCUT2D eigenvalue weighted by Gasteiger charge is -2.12. The van der Waals surface area contributed by atoms with Crippen molar-refractivity contribution in [1.82, 2.24) is 18.7 Å². The number of aromatic nitrogens is 4. The molecule has 0 amide bonds. The molecule has 5 rings (SSSR count). The highest BCUT2D eigenvalue weighted by Crippen LogP contribution is 2.30. The van der Waals surface area contributed by atoms with Crippen LogP contribution in [-0.4, -0.2) is 23.6 Å². The third-order valence-electron chi connectivity index (χ3n) is 5.58. The summed E-state index contributed by atoms with van der Waals surface area (Å²) in [5.74, 6) is -0.259. The van der Waals surface area contributed by atoms with Gasteiger partial charge in [-0.15, -0.1) is 0 Å². The molecule has 0 atom stereocenters. The van der Waals surface area contributed by atoms with Crippen molar-refractivity contribution < 1.29 is 9.31 Å². The van der Waals surface area contributed by atoms with Crippen molar-refractivity contribution in [2.24, 2.45) is 5.92 Å². The molecular weight excluding hydrogens is 417 g/mol. The van der Waals surface area contributed by atoms with Crippen LogP contribution in [0.4, 0.5) is 10.1 Å². The maximum atomic E-state index is 13.9. The van der Waals surface area contributed by atoms with Gasteiger partial charge in [-0.2, -0.15) is 0 Å². The quantitative estimate of drug-likeness (QED) is 0.342. The molecule has 0 radical (unpaired) electrons. The highest BCUT2D eigenvalue weighted by atomic mass is 19.1. The Kier molecular flexibility index (Phi) is 4.69. The predicted molar refractivity (Wildman–Crippen MR) is 114 cm³/mol. The molecule has 2 aromatic carbocycles. The SMILES string of the molecule is O=c1c2c(ncn2Cc2cccc([N+](=O)[O-])c2)n(-c2cccc(F)c2)c(=O)n1CC1CC1. The lowest BCUT2D eigenvalue weighted by atomic mass is 10.2. The van der Waals surface area contributed by atoms with E-state index in [2.05, 4.69) is 4.98 Å². The van der Waals surface area contributed by atoms with E-state index in [4.69, 9.17) is 0 Å². The molecule has 4 aromatic rings. The van der Waals surface area contributed by atoms with E-state index in [1.54, 1.807) is 22.8 Å². The Bertz CT molecular complexity index is 1480. The van der Waals surface area contributed by atoms with Gasteiger partial charge in [0.1, 0.15) is 5.82 Å². The molecule has 0 bridgehead atoms. The second-order valence-electron chi connectivity index (χ2n) is 7.93. The normalized spacial score (nSPS) is 13.5. The number of rotatable bonds is 6. The van der Waals surface area contributed by atoms with Crippen molar-refractivity contribution in [2.45, 2.75) is 25.9 Å². The number of non-ortho nitro benzene ring substituents is 1. The molecule has 2 heterocycles. The average Bonchev–Trinajstić information content (AvgIpc) is 3.50. The molecule has 1 aliphatic rings. The molecular formula is C22H18FN5O4. The first-order valence-electron chi connectivity index (χ1n) is 10.1. The first kappa shape index (κ1) is 19.9. The number of benzene rings is 2. The molecule has 2 aromatic heterocycles. The van der Waals surface area contributed by atoms with Gasteiger partial charge in [-0.05, 0) is 42.5 Å². The van der Waals surface area contributed by atoms with Crippen LogP contribution < -0.4 is 11.2 Å². The van der Waals surface area contributed by atoms with Crippen molar-refractivity contribution in [3.8, 4) is 5.69 Å². The first-order chi connectivity index (χ1) is 15.4. The van der Waals surface area contributed by atoms with Crippen molar-refractivity contribution >= 4 is 16.9 Å². The zero-order valence-corrected chi connectivity index (χ0v) is 16.8. The molecule has 162 valence electrons. The van der Waals surface area contributed by atoms with E-state index in [9.17, 15) is 24.1 Å². The van der Waals surface area contributed by atoms with Crippen LogP contribution in [0.3, 0.4) is 0 Å². The van der Waals surface area contributed by atoms with Gasteiger partial charge in [0.15, 0.2) is 11.2 Å². The third kappa shape index (κ3) is 3.49. The minimum atomic E-state index is -0.569. The molecule has 1 saturated carbocycles. The van der Waals surface area contributed by atoms with Crippen LogP contribution in [0.15, 0.2) is 64.4 Å². The fourth-order valence-corrected chi connectivity index (χ4v) is 3.83. The molecule has 9 nitrogen and oxygen atoms in total. The Morgan fingerprint density at radius 2 is 1.91 bits per heavy atom. The first-order valence-corrected chi connectivity index (χ1v) is 10.1. The molecule has 1 aliphatic carbocycles. The second kappa shape index (κ2) is 7.56. The van der Waals surface area contributed by atoms with Gasteiger partial charge < -0.3 is 4.57 Å². The maximum absolute atomic E-state index is 13.9. The highest BCUT2D eigenvalue weighted by Gasteiger charge is 2.26. The fraction of sp³-hybridized carbons (Fsp3) is 0.227. The number of nitro groups is 1. The lowest BCUT2D eigenvalue weighted by Crippen LogP contribution is -2.40. The van der Waals surface area contributed by atoms with Crippen LogP contribution in [0, 0.1) is 21.8 Å². The van der Waals surface area contributed by atoms with Gasteiger partial charge >= 0.3 is 5.69 Å². The molecule has 0 aliphatic heterocycles. The van der Waals surface area contributed by atoms with Gasteiger partial charge in [0.2, 0.25) is 0 Å². The van der Waals surface area contributed by atoms with Crippen LogP contribution in [-0.2, 0) is 13.1 Å². The average molecular weight is 435 g/mol. The molecule has 0 spiro atoms. The summed E-state index contributed by atoms with van der Waals surface area (Å²) < 4.78 is 17.9. The summed E-state index contributed by atoms with van der Waals surface area (Å²) in [7, 11) is 0. The Hall–Kier alpha value is -4.08. The van der Waals surface area contributed by atoms with Gasteiger partial charge in [0.25, 0.3) is 11.2 Å². The van der Waals surface area contributed by atoms with E-state index in [1.807, 2.05) is 0 Å².